The molecular weight excluding hydrogens is 326 g/mol. The molecule has 0 bridgehead atoms. The van der Waals surface area contributed by atoms with E-state index in [1.54, 1.807) is 17.0 Å². The Bertz CT molecular complexity index is 724. The molecule has 0 spiro atoms. The molecule has 5 nitrogen and oxygen atoms in total. The maximum Gasteiger partial charge on any atom is 0.253 e. The third-order valence-corrected chi connectivity index (χ3v) is 6.89. The zero-order valence-electron chi connectivity index (χ0n) is 14.2. The zero-order chi connectivity index (χ0) is 17.5. The number of carbonyl (C=O) groups excluding carboxylic acids is 1. The zero-order valence-corrected chi connectivity index (χ0v) is 15.1. The van der Waals surface area contributed by atoms with Crippen LogP contribution in [-0.4, -0.2) is 49.3 Å². The van der Waals surface area contributed by atoms with Crippen molar-refractivity contribution >= 4 is 15.7 Å². The highest BCUT2D eigenvalue weighted by Gasteiger charge is 2.47. The highest BCUT2D eigenvalue weighted by atomic mass is 32.2. The average molecular weight is 351 g/mol. The fraction of sp³-hybridized carbons (Fsp3) is 0.611. The molecule has 1 aromatic rings. The Kier molecular flexibility index (Phi) is 4.47. The van der Waals surface area contributed by atoms with Crippen LogP contribution in [0.3, 0.4) is 0 Å². The Labute approximate surface area is 143 Å². The molecule has 1 saturated carbocycles. The van der Waals surface area contributed by atoms with Crippen molar-refractivity contribution in [1.29, 1.82) is 0 Å². The first-order chi connectivity index (χ1) is 11.2. The summed E-state index contributed by atoms with van der Waals surface area (Å²) in [6.07, 6.45) is 5.13. The molecule has 6 heteroatoms. The number of amides is 1. The predicted molar refractivity (Wildman–Crippen MR) is 91.5 cm³/mol. The molecule has 1 amide bonds. The van der Waals surface area contributed by atoms with Crippen molar-refractivity contribution < 1.29 is 18.3 Å². The van der Waals surface area contributed by atoms with Crippen molar-refractivity contribution in [2.75, 3.05) is 19.3 Å². The third kappa shape index (κ3) is 3.09. The maximum absolute atomic E-state index is 12.7. The first-order valence-electron chi connectivity index (χ1n) is 8.53. The van der Waals surface area contributed by atoms with E-state index in [2.05, 4.69) is 0 Å². The molecule has 0 radical (unpaired) electrons. The van der Waals surface area contributed by atoms with E-state index in [0.717, 1.165) is 19.1 Å². The van der Waals surface area contributed by atoms with Crippen LogP contribution in [0.15, 0.2) is 29.2 Å². The molecule has 1 heterocycles. The quantitative estimate of drug-likeness (QED) is 0.905. The van der Waals surface area contributed by atoms with Gasteiger partial charge in [0.2, 0.25) is 0 Å². The van der Waals surface area contributed by atoms with Crippen LogP contribution in [0.4, 0.5) is 0 Å². The fourth-order valence-electron chi connectivity index (χ4n) is 3.87. The van der Waals surface area contributed by atoms with Gasteiger partial charge in [-0.15, -0.1) is 0 Å². The molecule has 0 unspecified atom stereocenters. The summed E-state index contributed by atoms with van der Waals surface area (Å²) in [6.45, 7) is 3.11. The van der Waals surface area contributed by atoms with Crippen LogP contribution < -0.4 is 0 Å². The van der Waals surface area contributed by atoms with E-state index < -0.39 is 15.4 Å². The summed E-state index contributed by atoms with van der Waals surface area (Å²) < 4.78 is 23.0. The molecule has 2 atom stereocenters. The SMILES string of the molecule is C[C@@H]1CN(C(=O)c2ccc(S(C)(=O)=O)cc2)CC[C@@]1(O)C1CCC1. The van der Waals surface area contributed by atoms with E-state index in [1.807, 2.05) is 6.92 Å². The summed E-state index contributed by atoms with van der Waals surface area (Å²) in [4.78, 5) is 14.6. The molecule has 132 valence electrons. The smallest absolute Gasteiger partial charge is 0.253 e. The normalized spacial score (nSPS) is 28.5. The number of aliphatic hydroxyl groups is 1. The molecule has 1 aromatic carbocycles. The summed E-state index contributed by atoms with van der Waals surface area (Å²) in [5, 5.41) is 11.0. The largest absolute Gasteiger partial charge is 0.389 e. The topological polar surface area (TPSA) is 74.7 Å². The molecule has 1 aliphatic carbocycles. The van der Waals surface area contributed by atoms with Gasteiger partial charge in [0.25, 0.3) is 5.91 Å². The molecule has 0 aromatic heterocycles. The molecule has 1 aliphatic heterocycles. The summed E-state index contributed by atoms with van der Waals surface area (Å²) >= 11 is 0. The van der Waals surface area contributed by atoms with Gasteiger partial charge in [0, 0.05) is 30.8 Å². The van der Waals surface area contributed by atoms with Crippen molar-refractivity contribution in [3.8, 4) is 0 Å². The Morgan fingerprint density at radius 3 is 2.33 bits per heavy atom. The highest BCUT2D eigenvalue weighted by molar-refractivity contribution is 7.90. The van der Waals surface area contributed by atoms with Crippen molar-refractivity contribution in [1.82, 2.24) is 4.90 Å². The minimum absolute atomic E-state index is 0.0517. The molecule has 2 fully saturated rings. The molecule has 24 heavy (non-hydrogen) atoms. The Morgan fingerprint density at radius 2 is 1.88 bits per heavy atom. The Hall–Kier alpha value is -1.40. The molecule has 1 saturated heterocycles. The number of piperidine rings is 1. The van der Waals surface area contributed by atoms with Gasteiger partial charge in [-0.25, -0.2) is 8.42 Å². The number of hydrogen-bond acceptors (Lipinski definition) is 4. The van der Waals surface area contributed by atoms with E-state index in [4.69, 9.17) is 0 Å². The average Bonchev–Trinajstić information content (AvgIpc) is 2.47. The second-order valence-corrected chi connectivity index (χ2v) is 9.33. The number of nitrogens with zero attached hydrogens (tertiary/aromatic N) is 1. The van der Waals surface area contributed by atoms with Crippen LogP contribution in [0.2, 0.25) is 0 Å². The first kappa shape index (κ1) is 17.4. The van der Waals surface area contributed by atoms with Gasteiger partial charge in [-0.3, -0.25) is 4.79 Å². The Morgan fingerprint density at radius 1 is 1.25 bits per heavy atom. The number of rotatable bonds is 3. The summed E-state index contributed by atoms with van der Waals surface area (Å²) in [6, 6.07) is 6.08. The van der Waals surface area contributed by atoms with Crippen LogP contribution in [0.25, 0.3) is 0 Å². The summed E-state index contributed by atoms with van der Waals surface area (Å²) in [5.41, 5.74) is -0.154. The van der Waals surface area contributed by atoms with Crippen molar-refractivity contribution in [2.45, 2.75) is 43.1 Å². The maximum atomic E-state index is 12.7. The van der Waals surface area contributed by atoms with Gasteiger partial charge in [0.15, 0.2) is 9.84 Å². The number of likely N-dealkylation sites (tertiary alicyclic amines) is 1. The number of hydrogen-bond donors (Lipinski definition) is 1. The van der Waals surface area contributed by atoms with Crippen LogP contribution in [0.5, 0.6) is 0 Å². The van der Waals surface area contributed by atoms with Gasteiger partial charge in [0.1, 0.15) is 0 Å². The van der Waals surface area contributed by atoms with E-state index >= 15 is 0 Å². The lowest BCUT2D eigenvalue weighted by Gasteiger charge is -2.50. The Balaban J connectivity index is 1.70. The lowest BCUT2D eigenvalue weighted by molar-refractivity contribution is -0.122. The summed E-state index contributed by atoms with van der Waals surface area (Å²) in [5.74, 6) is 0.326. The van der Waals surface area contributed by atoms with Crippen LogP contribution in [-0.2, 0) is 9.84 Å². The van der Waals surface area contributed by atoms with Crippen molar-refractivity contribution in [3.63, 3.8) is 0 Å². The first-order valence-corrected chi connectivity index (χ1v) is 10.4. The van der Waals surface area contributed by atoms with Crippen LogP contribution in [0, 0.1) is 11.8 Å². The van der Waals surface area contributed by atoms with Gasteiger partial charge in [0.05, 0.1) is 10.5 Å². The van der Waals surface area contributed by atoms with Gasteiger partial charge >= 0.3 is 0 Å². The van der Waals surface area contributed by atoms with Crippen molar-refractivity contribution in [2.24, 2.45) is 11.8 Å². The standard InChI is InChI=1S/C18H25NO4S/c1-13-12-19(11-10-18(13,21)15-4-3-5-15)17(20)14-6-8-16(9-7-14)24(2,22)23/h6-9,13,15,21H,3-5,10-12H2,1-2H3/t13-,18+/m1/s1. The molecule has 3 rings (SSSR count). The minimum atomic E-state index is -3.26. The lowest BCUT2D eigenvalue weighted by atomic mass is 9.65. The van der Waals surface area contributed by atoms with E-state index in [1.165, 1.54) is 18.6 Å². The second-order valence-electron chi connectivity index (χ2n) is 7.32. The monoisotopic (exact) mass is 351 g/mol. The number of carbonyl (C=O) groups is 1. The third-order valence-electron chi connectivity index (χ3n) is 5.76. The van der Waals surface area contributed by atoms with Crippen molar-refractivity contribution in [3.05, 3.63) is 29.8 Å². The lowest BCUT2D eigenvalue weighted by Crippen LogP contribution is -2.57. The number of benzene rings is 1. The van der Waals surface area contributed by atoms with Crippen LogP contribution >= 0.6 is 0 Å². The van der Waals surface area contributed by atoms with E-state index in [-0.39, 0.29) is 16.7 Å². The van der Waals surface area contributed by atoms with Crippen LogP contribution in [0.1, 0.15) is 43.0 Å². The van der Waals surface area contributed by atoms with Gasteiger partial charge in [-0.2, -0.15) is 0 Å². The highest BCUT2D eigenvalue weighted by Crippen LogP contribution is 2.44. The molecule has 1 N–H and O–H groups in total. The van der Waals surface area contributed by atoms with Gasteiger partial charge in [-0.1, -0.05) is 13.3 Å². The molecular formula is C18H25NO4S. The number of sulfone groups is 1. The summed E-state index contributed by atoms with van der Waals surface area (Å²) in [7, 11) is -3.26. The van der Waals surface area contributed by atoms with Gasteiger partial charge < -0.3 is 10.0 Å². The van der Waals surface area contributed by atoms with E-state index in [9.17, 15) is 18.3 Å². The predicted octanol–water partition coefficient (Wildman–Crippen LogP) is 2.10. The minimum Gasteiger partial charge on any atom is -0.389 e. The molecule has 2 aliphatic rings. The van der Waals surface area contributed by atoms with Gasteiger partial charge in [-0.05, 0) is 49.4 Å². The fourth-order valence-corrected chi connectivity index (χ4v) is 4.50. The second kappa shape index (κ2) is 6.15. The van der Waals surface area contributed by atoms with E-state index in [0.29, 0.717) is 31.0 Å².